The molecule has 0 saturated heterocycles. The Morgan fingerprint density at radius 3 is 2.65 bits per heavy atom. The van der Waals surface area contributed by atoms with Crippen molar-refractivity contribution in [3.63, 3.8) is 0 Å². The fraction of sp³-hybridized carbons (Fsp3) is 0.286. The normalized spacial score (nSPS) is 10.5. The van der Waals surface area contributed by atoms with E-state index in [0.717, 1.165) is 17.8 Å². The molecule has 0 N–H and O–H groups in total. The van der Waals surface area contributed by atoms with E-state index >= 15 is 0 Å². The monoisotopic (exact) mass is 228 g/mol. The first-order chi connectivity index (χ1) is 8.13. The van der Waals surface area contributed by atoms with Gasteiger partial charge in [-0.05, 0) is 25.5 Å². The fourth-order valence-corrected chi connectivity index (χ4v) is 1.91. The van der Waals surface area contributed by atoms with E-state index in [1.807, 2.05) is 29.8 Å². The van der Waals surface area contributed by atoms with Crippen LogP contribution in [0.2, 0.25) is 0 Å². The van der Waals surface area contributed by atoms with Crippen molar-refractivity contribution in [2.24, 2.45) is 0 Å². The molecule has 1 aromatic carbocycles. The number of hydrogen-bond donors (Lipinski definition) is 0. The van der Waals surface area contributed by atoms with E-state index in [9.17, 15) is 4.79 Å². The molecule has 17 heavy (non-hydrogen) atoms. The molecular weight excluding hydrogens is 212 g/mol. The van der Waals surface area contributed by atoms with Crippen LogP contribution in [0.1, 0.15) is 29.9 Å². The summed E-state index contributed by atoms with van der Waals surface area (Å²) in [6.07, 6.45) is 0. The van der Waals surface area contributed by atoms with E-state index in [2.05, 4.69) is 24.2 Å². The van der Waals surface area contributed by atoms with Gasteiger partial charge >= 0.3 is 0 Å². The standard InChI is InChI=1S/C14H16N2O/c1-4-16-14(9-13(15-16)11(3)17)12-8-6-5-7-10(12)2/h5-9H,4H2,1-3H3. The number of ketones is 1. The van der Waals surface area contributed by atoms with Crippen molar-refractivity contribution in [3.05, 3.63) is 41.6 Å². The van der Waals surface area contributed by atoms with Gasteiger partial charge in [-0.2, -0.15) is 5.10 Å². The smallest absolute Gasteiger partial charge is 0.180 e. The summed E-state index contributed by atoms with van der Waals surface area (Å²) in [7, 11) is 0. The number of aromatic nitrogens is 2. The first-order valence-electron chi connectivity index (χ1n) is 5.78. The number of hydrogen-bond acceptors (Lipinski definition) is 2. The SMILES string of the molecule is CCn1nc(C(C)=O)cc1-c1ccccc1C. The van der Waals surface area contributed by atoms with Crippen LogP contribution in [0.5, 0.6) is 0 Å². The Labute approximate surface area is 101 Å². The van der Waals surface area contributed by atoms with Gasteiger partial charge in [-0.15, -0.1) is 0 Å². The molecule has 0 radical (unpaired) electrons. The molecule has 2 rings (SSSR count). The predicted molar refractivity (Wildman–Crippen MR) is 68.1 cm³/mol. The zero-order valence-electron chi connectivity index (χ0n) is 10.4. The Bertz CT molecular complexity index is 555. The van der Waals surface area contributed by atoms with Crippen molar-refractivity contribution in [2.45, 2.75) is 27.3 Å². The minimum atomic E-state index is 0.00651. The van der Waals surface area contributed by atoms with Crippen LogP contribution in [0.4, 0.5) is 0 Å². The summed E-state index contributed by atoms with van der Waals surface area (Å²) in [5.41, 5.74) is 3.87. The minimum Gasteiger partial charge on any atom is -0.293 e. The van der Waals surface area contributed by atoms with Gasteiger partial charge in [0.2, 0.25) is 0 Å². The van der Waals surface area contributed by atoms with Crippen LogP contribution in [0, 0.1) is 6.92 Å². The maximum Gasteiger partial charge on any atom is 0.180 e. The maximum absolute atomic E-state index is 11.4. The lowest BCUT2D eigenvalue weighted by Crippen LogP contribution is -2.01. The van der Waals surface area contributed by atoms with Crippen molar-refractivity contribution in [1.82, 2.24) is 9.78 Å². The molecule has 0 bridgehead atoms. The highest BCUT2D eigenvalue weighted by molar-refractivity contribution is 5.93. The van der Waals surface area contributed by atoms with Gasteiger partial charge in [-0.1, -0.05) is 24.3 Å². The summed E-state index contributed by atoms with van der Waals surface area (Å²) < 4.78 is 1.87. The van der Waals surface area contributed by atoms with E-state index in [-0.39, 0.29) is 5.78 Å². The van der Waals surface area contributed by atoms with E-state index in [0.29, 0.717) is 5.69 Å². The Hall–Kier alpha value is -1.90. The van der Waals surface area contributed by atoms with Crippen molar-refractivity contribution in [3.8, 4) is 11.3 Å². The van der Waals surface area contributed by atoms with Crippen LogP contribution in [0.25, 0.3) is 11.3 Å². The zero-order chi connectivity index (χ0) is 12.4. The summed E-state index contributed by atoms with van der Waals surface area (Å²) in [5.74, 6) is 0.00651. The number of benzene rings is 1. The Morgan fingerprint density at radius 2 is 2.06 bits per heavy atom. The van der Waals surface area contributed by atoms with Crippen molar-refractivity contribution >= 4 is 5.78 Å². The summed E-state index contributed by atoms with van der Waals surface area (Å²) >= 11 is 0. The third kappa shape index (κ3) is 2.13. The topological polar surface area (TPSA) is 34.9 Å². The molecule has 0 spiro atoms. The molecule has 0 atom stereocenters. The molecule has 0 unspecified atom stereocenters. The van der Waals surface area contributed by atoms with Crippen LogP contribution in [0.15, 0.2) is 30.3 Å². The lowest BCUT2D eigenvalue weighted by molar-refractivity contribution is 0.101. The van der Waals surface area contributed by atoms with E-state index < -0.39 is 0 Å². The van der Waals surface area contributed by atoms with E-state index in [1.165, 1.54) is 5.56 Å². The molecule has 0 fully saturated rings. The average Bonchev–Trinajstić information content (AvgIpc) is 2.73. The second kappa shape index (κ2) is 4.53. The van der Waals surface area contributed by atoms with Crippen LogP contribution in [-0.2, 0) is 6.54 Å². The van der Waals surface area contributed by atoms with Crippen LogP contribution in [0.3, 0.4) is 0 Å². The first kappa shape index (κ1) is 11.6. The highest BCUT2D eigenvalue weighted by Gasteiger charge is 2.12. The van der Waals surface area contributed by atoms with Crippen molar-refractivity contribution in [1.29, 1.82) is 0 Å². The largest absolute Gasteiger partial charge is 0.293 e. The van der Waals surface area contributed by atoms with E-state index in [1.54, 1.807) is 6.92 Å². The fourth-order valence-electron chi connectivity index (χ4n) is 1.91. The summed E-state index contributed by atoms with van der Waals surface area (Å²) in [5, 5.41) is 4.31. The lowest BCUT2D eigenvalue weighted by atomic mass is 10.1. The third-order valence-corrected chi connectivity index (χ3v) is 2.86. The van der Waals surface area contributed by atoms with Crippen LogP contribution in [-0.4, -0.2) is 15.6 Å². The molecule has 0 aliphatic heterocycles. The van der Waals surface area contributed by atoms with Gasteiger partial charge in [0.15, 0.2) is 5.78 Å². The number of carbonyl (C=O) groups excluding carboxylic acids is 1. The summed E-state index contributed by atoms with van der Waals surface area (Å²) in [6, 6.07) is 10.0. The molecular formula is C14H16N2O. The van der Waals surface area contributed by atoms with Gasteiger partial charge in [0, 0.05) is 19.0 Å². The molecule has 88 valence electrons. The molecule has 3 nitrogen and oxygen atoms in total. The predicted octanol–water partition coefficient (Wildman–Crippen LogP) is 3.08. The van der Waals surface area contributed by atoms with Crippen molar-refractivity contribution in [2.75, 3.05) is 0 Å². The number of nitrogens with zero attached hydrogens (tertiary/aromatic N) is 2. The summed E-state index contributed by atoms with van der Waals surface area (Å²) in [6.45, 7) is 6.40. The van der Waals surface area contributed by atoms with Gasteiger partial charge in [0.1, 0.15) is 5.69 Å². The van der Waals surface area contributed by atoms with Gasteiger partial charge in [-0.3, -0.25) is 9.48 Å². The van der Waals surface area contributed by atoms with E-state index in [4.69, 9.17) is 0 Å². The number of rotatable bonds is 3. The molecule has 0 amide bonds. The summed E-state index contributed by atoms with van der Waals surface area (Å²) in [4.78, 5) is 11.4. The molecule has 0 aliphatic rings. The van der Waals surface area contributed by atoms with Gasteiger partial charge < -0.3 is 0 Å². The molecule has 2 aromatic rings. The Kier molecular flexibility index (Phi) is 3.09. The van der Waals surface area contributed by atoms with Gasteiger partial charge in [-0.25, -0.2) is 0 Å². The minimum absolute atomic E-state index is 0.00651. The quantitative estimate of drug-likeness (QED) is 0.757. The molecule has 1 heterocycles. The molecule has 3 heteroatoms. The second-order valence-corrected chi connectivity index (χ2v) is 4.10. The lowest BCUT2D eigenvalue weighted by Gasteiger charge is -2.07. The Morgan fingerprint density at radius 1 is 1.35 bits per heavy atom. The second-order valence-electron chi connectivity index (χ2n) is 4.10. The Balaban J connectivity index is 2.59. The zero-order valence-corrected chi connectivity index (χ0v) is 10.4. The number of carbonyl (C=O) groups is 1. The number of aryl methyl sites for hydroxylation is 2. The molecule has 0 aliphatic carbocycles. The number of Topliss-reactive ketones (excluding diaryl/α,β-unsaturated/α-hetero) is 1. The maximum atomic E-state index is 11.4. The van der Waals surface area contributed by atoms with Crippen LogP contribution < -0.4 is 0 Å². The average molecular weight is 228 g/mol. The third-order valence-electron chi connectivity index (χ3n) is 2.86. The highest BCUT2D eigenvalue weighted by atomic mass is 16.1. The van der Waals surface area contributed by atoms with Gasteiger partial charge in [0.25, 0.3) is 0 Å². The van der Waals surface area contributed by atoms with Crippen molar-refractivity contribution < 1.29 is 4.79 Å². The van der Waals surface area contributed by atoms with Crippen LogP contribution >= 0.6 is 0 Å². The molecule has 1 aromatic heterocycles. The highest BCUT2D eigenvalue weighted by Crippen LogP contribution is 2.24. The van der Waals surface area contributed by atoms with Gasteiger partial charge in [0.05, 0.1) is 5.69 Å². The first-order valence-corrected chi connectivity index (χ1v) is 5.78. The molecule has 0 saturated carbocycles.